The van der Waals surface area contributed by atoms with Gasteiger partial charge >= 0.3 is 0 Å². The van der Waals surface area contributed by atoms with Gasteiger partial charge < -0.3 is 10.0 Å². The van der Waals surface area contributed by atoms with Crippen molar-refractivity contribution >= 4 is 5.91 Å². The lowest BCUT2D eigenvalue weighted by molar-refractivity contribution is -0.132. The maximum absolute atomic E-state index is 13.5. The highest BCUT2D eigenvalue weighted by Crippen LogP contribution is 2.28. The van der Waals surface area contributed by atoms with E-state index >= 15 is 0 Å². The summed E-state index contributed by atoms with van der Waals surface area (Å²) < 4.78 is 0. The molecule has 2 unspecified atom stereocenters. The van der Waals surface area contributed by atoms with Gasteiger partial charge in [0.2, 0.25) is 5.91 Å². The van der Waals surface area contributed by atoms with Gasteiger partial charge in [0.1, 0.15) is 6.23 Å². The molecular weight excluding hydrogens is 348 g/mol. The van der Waals surface area contributed by atoms with E-state index in [1.807, 2.05) is 72.6 Å². The molecular formula is C24H32N2O2. The third-order valence-electron chi connectivity index (χ3n) is 5.81. The van der Waals surface area contributed by atoms with Crippen LogP contribution in [0.3, 0.4) is 0 Å². The van der Waals surface area contributed by atoms with Crippen LogP contribution in [0.1, 0.15) is 43.7 Å². The second kappa shape index (κ2) is 9.35. The Bertz CT molecular complexity index is 708. The molecule has 28 heavy (non-hydrogen) atoms. The minimum Gasteiger partial charge on any atom is -0.378 e. The van der Waals surface area contributed by atoms with E-state index in [4.69, 9.17) is 0 Å². The number of likely N-dealkylation sites (tertiary alicyclic amines) is 1. The summed E-state index contributed by atoms with van der Waals surface area (Å²) in [4.78, 5) is 17.6. The van der Waals surface area contributed by atoms with E-state index in [1.165, 1.54) is 0 Å². The first-order chi connectivity index (χ1) is 13.5. The number of hydrogen-bond donors (Lipinski definition) is 1. The van der Waals surface area contributed by atoms with Crippen molar-refractivity contribution in [2.24, 2.45) is 5.92 Å². The first-order valence-electron chi connectivity index (χ1n) is 10.3. The molecule has 150 valence electrons. The summed E-state index contributed by atoms with van der Waals surface area (Å²) in [5.41, 5.74) is 2.01. The highest BCUT2D eigenvalue weighted by molar-refractivity contribution is 5.87. The van der Waals surface area contributed by atoms with Gasteiger partial charge in [0.25, 0.3) is 0 Å². The van der Waals surface area contributed by atoms with E-state index in [-0.39, 0.29) is 17.9 Å². The Morgan fingerprint density at radius 1 is 1.07 bits per heavy atom. The molecule has 4 nitrogen and oxygen atoms in total. The van der Waals surface area contributed by atoms with Crippen LogP contribution in [0.5, 0.6) is 0 Å². The maximum Gasteiger partial charge on any atom is 0.234 e. The Hall–Kier alpha value is -2.17. The van der Waals surface area contributed by atoms with Crippen molar-refractivity contribution in [2.45, 2.75) is 44.9 Å². The van der Waals surface area contributed by atoms with Crippen molar-refractivity contribution in [3.8, 4) is 0 Å². The van der Waals surface area contributed by atoms with Crippen molar-refractivity contribution in [3.05, 3.63) is 71.8 Å². The Balaban J connectivity index is 1.83. The summed E-state index contributed by atoms with van der Waals surface area (Å²) in [5, 5.41) is 10.3. The monoisotopic (exact) mass is 380 g/mol. The van der Waals surface area contributed by atoms with Gasteiger partial charge in [0.05, 0.1) is 5.92 Å². The number of likely N-dealkylation sites (N-methyl/N-ethyl adjacent to an activating group) is 1. The van der Waals surface area contributed by atoms with Crippen LogP contribution in [0.4, 0.5) is 0 Å². The van der Waals surface area contributed by atoms with E-state index in [0.717, 1.165) is 30.5 Å². The number of aliphatic hydroxyl groups excluding tert-OH is 1. The van der Waals surface area contributed by atoms with Crippen LogP contribution in [0, 0.1) is 5.92 Å². The molecule has 1 aliphatic heterocycles. The largest absolute Gasteiger partial charge is 0.378 e. The summed E-state index contributed by atoms with van der Waals surface area (Å²) in [6.45, 7) is 5.84. The van der Waals surface area contributed by atoms with Gasteiger partial charge in [-0.2, -0.15) is 0 Å². The van der Waals surface area contributed by atoms with Gasteiger partial charge in [-0.3, -0.25) is 9.69 Å². The lowest BCUT2D eigenvalue weighted by atomic mass is 9.89. The van der Waals surface area contributed by atoms with Gasteiger partial charge in [-0.1, -0.05) is 74.5 Å². The standard InChI is InChI=1S/C24H32N2O2/c1-18(2)21(26-16-10-15-22(26)27)17-25(3)24(28)23(19-11-6-4-7-12-19)20-13-8-5-9-14-20/h4-9,11-14,18,21-23,27H,10,15-17H2,1-3H3. The molecule has 4 heteroatoms. The molecule has 3 rings (SSSR count). The second-order valence-electron chi connectivity index (χ2n) is 8.15. The number of hydrogen-bond acceptors (Lipinski definition) is 3. The van der Waals surface area contributed by atoms with E-state index in [2.05, 4.69) is 18.7 Å². The third kappa shape index (κ3) is 4.62. The van der Waals surface area contributed by atoms with Crippen LogP contribution in [-0.4, -0.2) is 53.2 Å². The number of carbonyl (C=O) groups is 1. The highest BCUT2D eigenvalue weighted by Gasteiger charge is 2.34. The van der Waals surface area contributed by atoms with Gasteiger partial charge in [-0.05, 0) is 29.9 Å². The first kappa shape index (κ1) is 20.6. The second-order valence-corrected chi connectivity index (χ2v) is 8.15. The van der Waals surface area contributed by atoms with Gasteiger partial charge in [-0.15, -0.1) is 0 Å². The topological polar surface area (TPSA) is 43.8 Å². The number of nitrogens with zero attached hydrogens (tertiary/aromatic N) is 2. The number of benzene rings is 2. The molecule has 2 aromatic rings. The van der Waals surface area contributed by atoms with Crippen LogP contribution < -0.4 is 0 Å². The van der Waals surface area contributed by atoms with Crippen molar-refractivity contribution < 1.29 is 9.90 Å². The molecule has 0 spiro atoms. The fraction of sp³-hybridized carbons (Fsp3) is 0.458. The zero-order valence-corrected chi connectivity index (χ0v) is 17.2. The summed E-state index contributed by atoms with van der Waals surface area (Å²) in [5.74, 6) is 0.135. The fourth-order valence-electron chi connectivity index (χ4n) is 4.22. The molecule has 1 amide bonds. The van der Waals surface area contributed by atoms with Crippen molar-refractivity contribution in [2.75, 3.05) is 20.1 Å². The van der Waals surface area contributed by atoms with Gasteiger partial charge in [0, 0.05) is 26.2 Å². The van der Waals surface area contributed by atoms with Crippen molar-refractivity contribution in [1.29, 1.82) is 0 Å². The normalized spacial score (nSPS) is 18.6. The molecule has 2 atom stereocenters. The van der Waals surface area contributed by atoms with Gasteiger partial charge in [0.15, 0.2) is 0 Å². The number of aliphatic hydroxyl groups is 1. The van der Waals surface area contributed by atoms with E-state index < -0.39 is 6.23 Å². The summed E-state index contributed by atoms with van der Waals surface area (Å²) >= 11 is 0. The highest BCUT2D eigenvalue weighted by atomic mass is 16.3. The Labute approximate surface area is 168 Å². The molecule has 0 radical (unpaired) electrons. The Morgan fingerprint density at radius 3 is 2.04 bits per heavy atom. The lowest BCUT2D eigenvalue weighted by Gasteiger charge is -2.37. The van der Waals surface area contributed by atoms with Gasteiger partial charge in [-0.25, -0.2) is 0 Å². The SMILES string of the molecule is CC(C)C(CN(C)C(=O)C(c1ccccc1)c1ccccc1)N1CCCC1O. The van der Waals surface area contributed by atoms with Crippen LogP contribution >= 0.6 is 0 Å². The molecule has 0 saturated carbocycles. The molecule has 0 aromatic heterocycles. The minimum atomic E-state index is -0.394. The summed E-state index contributed by atoms with van der Waals surface area (Å²) in [7, 11) is 1.89. The zero-order chi connectivity index (χ0) is 20.1. The maximum atomic E-state index is 13.5. The average Bonchev–Trinajstić information content (AvgIpc) is 3.13. The smallest absolute Gasteiger partial charge is 0.234 e. The zero-order valence-electron chi connectivity index (χ0n) is 17.2. The van der Waals surface area contributed by atoms with E-state index in [9.17, 15) is 9.90 Å². The molecule has 0 aliphatic carbocycles. The number of rotatable bonds is 7. The molecule has 1 fully saturated rings. The molecule has 1 saturated heterocycles. The first-order valence-corrected chi connectivity index (χ1v) is 10.3. The van der Waals surface area contributed by atoms with Crippen LogP contribution in [0.2, 0.25) is 0 Å². The van der Waals surface area contributed by atoms with E-state index in [0.29, 0.717) is 12.5 Å². The lowest BCUT2D eigenvalue weighted by Crippen LogP contribution is -2.50. The third-order valence-corrected chi connectivity index (χ3v) is 5.81. The predicted molar refractivity (Wildman–Crippen MR) is 113 cm³/mol. The minimum absolute atomic E-state index is 0.0942. The van der Waals surface area contributed by atoms with Crippen LogP contribution in [0.25, 0.3) is 0 Å². The molecule has 2 aromatic carbocycles. The molecule has 0 bridgehead atoms. The summed E-state index contributed by atoms with van der Waals surface area (Å²) in [6, 6.07) is 20.1. The Morgan fingerprint density at radius 2 is 1.61 bits per heavy atom. The van der Waals surface area contributed by atoms with Crippen molar-refractivity contribution in [3.63, 3.8) is 0 Å². The molecule has 1 N–H and O–H groups in total. The summed E-state index contributed by atoms with van der Waals surface area (Å²) in [6.07, 6.45) is 1.44. The van der Waals surface area contributed by atoms with Crippen LogP contribution in [-0.2, 0) is 4.79 Å². The molecule has 1 heterocycles. The predicted octanol–water partition coefficient (Wildman–Crippen LogP) is 3.72. The number of carbonyl (C=O) groups excluding carboxylic acids is 1. The fourth-order valence-corrected chi connectivity index (χ4v) is 4.22. The molecule has 1 aliphatic rings. The van der Waals surface area contributed by atoms with Crippen molar-refractivity contribution in [1.82, 2.24) is 9.80 Å². The average molecular weight is 381 g/mol. The van der Waals surface area contributed by atoms with E-state index in [1.54, 1.807) is 0 Å². The number of amides is 1. The Kier molecular flexibility index (Phi) is 6.87. The van der Waals surface area contributed by atoms with Crippen LogP contribution in [0.15, 0.2) is 60.7 Å². The quantitative estimate of drug-likeness (QED) is 0.796.